The fourth-order valence-corrected chi connectivity index (χ4v) is 3.25. The maximum absolute atomic E-state index is 12.3. The normalized spacial score (nSPS) is 17.5. The van der Waals surface area contributed by atoms with Crippen LogP contribution in [-0.4, -0.2) is 38.6 Å². The monoisotopic (exact) mass is 325 g/mol. The second-order valence-electron chi connectivity index (χ2n) is 6.04. The largest absolute Gasteiger partial charge is 0.467 e. The number of aromatic nitrogens is 3. The predicted molar refractivity (Wildman–Crippen MR) is 88.4 cm³/mol. The van der Waals surface area contributed by atoms with Crippen molar-refractivity contribution in [2.24, 2.45) is 7.05 Å². The minimum atomic E-state index is -0.0641. The first-order chi connectivity index (χ1) is 11.7. The van der Waals surface area contributed by atoms with Gasteiger partial charge in [-0.15, -0.1) is 0 Å². The van der Waals surface area contributed by atoms with Crippen molar-refractivity contribution in [2.75, 3.05) is 13.1 Å². The number of hydrogen-bond acceptors (Lipinski definition) is 4. The molecule has 1 aliphatic heterocycles. The molecular formula is C17H19N5O2. The van der Waals surface area contributed by atoms with Crippen LogP contribution in [0.2, 0.25) is 0 Å². The standard InChI is InChI=1S/C17H19N5O2/c1-21-15(20-14-5-2-7-18-16(14)21)12-6-8-22(11-12)17(23)19-10-13-4-3-9-24-13/h2-5,7,9,12H,6,8,10-11H2,1H3,(H,19,23). The van der Waals surface area contributed by atoms with Gasteiger partial charge < -0.3 is 19.2 Å². The lowest BCUT2D eigenvalue weighted by Crippen LogP contribution is -2.38. The SMILES string of the molecule is Cn1c(C2CCN(C(=O)NCc3ccco3)C2)nc2cccnc21. The van der Waals surface area contributed by atoms with Gasteiger partial charge in [-0.25, -0.2) is 14.8 Å². The van der Waals surface area contributed by atoms with E-state index in [1.807, 2.05) is 40.8 Å². The molecular weight excluding hydrogens is 306 g/mol. The van der Waals surface area contributed by atoms with Crippen molar-refractivity contribution >= 4 is 17.2 Å². The van der Waals surface area contributed by atoms with Gasteiger partial charge in [-0.05, 0) is 30.7 Å². The van der Waals surface area contributed by atoms with Crippen molar-refractivity contribution in [3.8, 4) is 0 Å². The number of rotatable bonds is 3. The summed E-state index contributed by atoms with van der Waals surface area (Å²) in [6.07, 6.45) is 4.29. The molecule has 7 nitrogen and oxygen atoms in total. The van der Waals surface area contributed by atoms with Crippen molar-refractivity contribution in [1.82, 2.24) is 24.8 Å². The highest BCUT2D eigenvalue weighted by atomic mass is 16.3. The minimum Gasteiger partial charge on any atom is -0.467 e. The van der Waals surface area contributed by atoms with Crippen molar-refractivity contribution in [2.45, 2.75) is 18.9 Å². The van der Waals surface area contributed by atoms with Crippen molar-refractivity contribution in [1.29, 1.82) is 0 Å². The molecule has 1 atom stereocenters. The van der Waals surface area contributed by atoms with E-state index in [0.717, 1.165) is 35.7 Å². The van der Waals surface area contributed by atoms with Gasteiger partial charge in [0.15, 0.2) is 5.65 Å². The molecule has 2 amide bonds. The van der Waals surface area contributed by atoms with Crippen LogP contribution in [0.15, 0.2) is 41.1 Å². The number of nitrogens with one attached hydrogen (secondary N) is 1. The highest BCUT2D eigenvalue weighted by Gasteiger charge is 2.30. The number of nitrogens with zero attached hydrogens (tertiary/aromatic N) is 4. The molecule has 4 rings (SSSR count). The molecule has 3 aromatic rings. The van der Waals surface area contributed by atoms with E-state index < -0.39 is 0 Å². The third-order valence-corrected chi connectivity index (χ3v) is 4.50. The first kappa shape index (κ1) is 14.7. The summed E-state index contributed by atoms with van der Waals surface area (Å²) >= 11 is 0. The van der Waals surface area contributed by atoms with E-state index in [9.17, 15) is 4.79 Å². The van der Waals surface area contributed by atoms with Crippen molar-refractivity contribution < 1.29 is 9.21 Å². The predicted octanol–water partition coefficient (Wildman–Crippen LogP) is 2.26. The zero-order valence-corrected chi connectivity index (χ0v) is 13.5. The van der Waals surface area contributed by atoms with E-state index in [4.69, 9.17) is 9.40 Å². The van der Waals surface area contributed by atoms with Crippen LogP contribution >= 0.6 is 0 Å². The van der Waals surface area contributed by atoms with Gasteiger partial charge in [0.25, 0.3) is 0 Å². The Labute approximate surface area is 139 Å². The first-order valence-electron chi connectivity index (χ1n) is 8.05. The zero-order chi connectivity index (χ0) is 16.5. The topological polar surface area (TPSA) is 76.2 Å². The molecule has 1 unspecified atom stereocenters. The van der Waals surface area contributed by atoms with Crippen LogP contribution < -0.4 is 5.32 Å². The van der Waals surface area contributed by atoms with E-state index in [1.165, 1.54) is 0 Å². The number of likely N-dealkylation sites (tertiary alicyclic amines) is 1. The molecule has 4 heterocycles. The maximum atomic E-state index is 12.3. The second kappa shape index (κ2) is 5.99. The summed E-state index contributed by atoms with van der Waals surface area (Å²) in [4.78, 5) is 23.2. The number of carbonyl (C=O) groups excluding carboxylic acids is 1. The first-order valence-corrected chi connectivity index (χ1v) is 8.05. The lowest BCUT2D eigenvalue weighted by atomic mass is 10.1. The fraction of sp³-hybridized carbons (Fsp3) is 0.353. The number of aryl methyl sites for hydroxylation is 1. The third-order valence-electron chi connectivity index (χ3n) is 4.50. The summed E-state index contributed by atoms with van der Waals surface area (Å²) in [5.74, 6) is 1.98. The second-order valence-corrected chi connectivity index (χ2v) is 6.04. The van der Waals surface area contributed by atoms with Gasteiger partial charge in [-0.3, -0.25) is 0 Å². The maximum Gasteiger partial charge on any atom is 0.317 e. The number of pyridine rings is 1. The Kier molecular flexibility index (Phi) is 3.68. The van der Waals surface area contributed by atoms with Gasteiger partial charge in [0.1, 0.15) is 17.1 Å². The van der Waals surface area contributed by atoms with Gasteiger partial charge in [-0.1, -0.05) is 0 Å². The summed E-state index contributed by atoms with van der Waals surface area (Å²) in [6.45, 7) is 1.80. The van der Waals surface area contributed by atoms with E-state index in [2.05, 4.69) is 10.3 Å². The third kappa shape index (κ3) is 2.62. The number of imidazole rings is 1. The molecule has 1 N–H and O–H groups in total. The van der Waals surface area contributed by atoms with Crippen LogP contribution in [0.1, 0.15) is 23.9 Å². The summed E-state index contributed by atoms with van der Waals surface area (Å²) in [7, 11) is 1.98. The number of fused-ring (bicyclic) bond motifs is 1. The van der Waals surface area contributed by atoms with Crippen LogP contribution in [0.3, 0.4) is 0 Å². The summed E-state index contributed by atoms with van der Waals surface area (Å²) in [5.41, 5.74) is 1.78. The Hall–Kier alpha value is -2.83. The van der Waals surface area contributed by atoms with Gasteiger partial charge in [-0.2, -0.15) is 0 Å². The van der Waals surface area contributed by atoms with E-state index in [0.29, 0.717) is 13.1 Å². The highest BCUT2D eigenvalue weighted by Crippen LogP contribution is 2.28. The van der Waals surface area contributed by atoms with Gasteiger partial charge in [0.2, 0.25) is 0 Å². The fourth-order valence-electron chi connectivity index (χ4n) is 3.25. The van der Waals surface area contributed by atoms with Crippen molar-refractivity contribution in [3.05, 3.63) is 48.3 Å². The van der Waals surface area contributed by atoms with Gasteiger partial charge in [0.05, 0.1) is 12.8 Å². The molecule has 0 aliphatic carbocycles. The number of furan rings is 1. The van der Waals surface area contributed by atoms with Crippen LogP contribution in [0.5, 0.6) is 0 Å². The quantitative estimate of drug-likeness (QED) is 0.801. The molecule has 1 aliphatic rings. The number of hydrogen-bond donors (Lipinski definition) is 1. The van der Waals surface area contributed by atoms with Crippen LogP contribution in [0.4, 0.5) is 4.79 Å². The van der Waals surface area contributed by atoms with Crippen LogP contribution in [0.25, 0.3) is 11.2 Å². The average Bonchev–Trinajstić information content (AvgIpc) is 3.33. The number of urea groups is 1. The minimum absolute atomic E-state index is 0.0641. The Morgan fingerprint density at radius 2 is 2.33 bits per heavy atom. The average molecular weight is 325 g/mol. The Bertz CT molecular complexity index is 855. The molecule has 1 saturated heterocycles. The molecule has 24 heavy (non-hydrogen) atoms. The number of amides is 2. The molecule has 0 bridgehead atoms. The molecule has 124 valence electrons. The Balaban J connectivity index is 1.43. The lowest BCUT2D eigenvalue weighted by Gasteiger charge is -2.17. The van der Waals surface area contributed by atoms with E-state index in [-0.39, 0.29) is 11.9 Å². The van der Waals surface area contributed by atoms with Crippen LogP contribution in [-0.2, 0) is 13.6 Å². The molecule has 0 aromatic carbocycles. The summed E-state index contributed by atoms with van der Waals surface area (Å²) in [6, 6.07) is 7.45. The molecule has 1 fully saturated rings. The molecule has 7 heteroatoms. The smallest absolute Gasteiger partial charge is 0.317 e. The van der Waals surface area contributed by atoms with Crippen LogP contribution in [0, 0.1) is 0 Å². The number of carbonyl (C=O) groups is 1. The molecule has 0 radical (unpaired) electrons. The van der Waals surface area contributed by atoms with Gasteiger partial charge in [0, 0.05) is 32.3 Å². The molecule has 3 aromatic heterocycles. The Morgan fingerprint density at radius 3 is 3.12 bits per heavy atom. The highest BCUT2D eigenvalue weighted by molar-refractivity contribution is 5.75. The molecule has 0 spiro atoms. The van der Waals surface area contributed by atoms with Crippen molar-refractivity contribution in [3.63, 3.8) is 0 Å². The zero-order valence-electron chi connectivity index (χ0n) is 13.5. The van der Waals surface area contributed by atoms with Gasteiger partial charge >= 0.3 is 6.03 Å². The van der Waals surface area contributed by atoms with E-state index in [1.54, 1.807) is 12.5 Å². The van der Waals surface area contributed by atoms with E-state index >= 15 is 0 Å². The molecule has 0 saturated carbocycles. The summed E-state index contributed by atoms with van der Waals surface area (Å²) in [5, 5.41) is 2.89. The Morgan fingerprint density at radius 1 is 1.42 bits per heavy atom. The lowest BCUT2D eigenvalue weighted by molar-refractivity contribution is 0.206. The summed E-state index contributed by atoms with van der Waals surface area (Å²) < 4.78 is 7.26.